The third-order valence-electron chi connectivity index (χ3n) is 4.23. The minimum Gasteiger partial charge on any atom is -0.466 e. The van der Waals surface area contributed by atoms with Crippen LogP contribution in [0.3, 0.4) is 0 Å². The molecule has 1 N–H and O–H groups in total. The van der Waals surface area contributed by atoms with Gasteiger partial charge in [-0.15, -0.1) is 0 Å². The summed E-state index contributed by atoms with van der Waals surface area (Å²) in [5, 5.41) is 3.34. The molecule has 0 spiro atoms. The molecule has 0 atom stereocenters. The molecule has 1 aliphatic heterocycles. The maximum Gasteiger partial charge on any atom is 0.312 e. The zero-order valence-electron chi connectivity index (χ0n) is 12.4. The normalized spacial score (nSPS) is 17.6. The van der Waals surface area contributed by atoms with Crippen molar-refractivity contribution >= 4 is 5.97 Å². The molecule has 0 amide bonds. The number of esters is 1. The molecule has 20 heavy (non-hydrogen) atoms. The fourth-order valence-corrected chi connectivity index (χ4v) is 3.02. The van der Waals surface area contributed by atoms with Gasteiger partial charge in [-0.25, -0.2) is 0 Å². The number of carbonyl (C=O) groups is 1. The van der Waals surface area contributed by atoms with Crippen molar-refractivity contribution in [3.05, 3.63) is 35.9 Å². The Labute approximate surface area is 121 Å². The van der Waals surface area contributed by atoms with Crippen LogP contribution in [0.4, 0.5) is 0 Å². The standard InChI is InChI=1S/C17H25NO2/c1-2-20-16(19)17(11-13-18-14-12-17)10-6-9-15-7-4-3-5-8-15/h3-5,7-8,18H,2,6,9-14H2,1H3. The summed E-state index contributed by atoms with van der Waals surface area (Å²) in [6.45, 7) is 4.21. The molecule has 2 rings (SSSR count). The van der Waals surface area contributed by atoms with E-state index in [1.54, 1.807) is 0 Å². The number of rotatable bonds is 6. The van der Waals surface area contributed by atoms with Crippen LogP contribution >= 0.6 is 0 Å². The number of piperidine rings is 1. The Kier molecular flexibility index (Phi) is 5.60. The monoisotopic (exact) mass is 275 g/mol. The van der Waals surface area contributed by atoms with E-state index in [9.17, 15) is 4.79 Å². The lowest BCUT2D eigenvalue weighted by Crippen LogP contribution is -2.43. The summed E-state index contributed by atoms with van der Waals surface area (Å²) in [5.41, 5.74) is 1.09. The predicted molar refractivity (Wildman–Crippen MR) is 80.5 cm³/mol. The van der Waals surface area contributed by atoms with Gasteiger partial charge < -0.3 is 10.1 Å². The number of ether oxygens (including phenoxy) is 1. The van der Waals surface area contributed by atoms with Crippen LogP contribution in [0, 0.1) is 5.41 Å². The van der Waals surface area contributed by atoms with Crippen molar-refractivity contribution in [3.8, 4) is 0 Å². The van der Waals surface area contributed by atoms with E-state index < -0.39 is 0 Å². The summed E-state index contributed by atoms with van der Waals surface area (Å²) in [6, 6.07) is 10.5. The van der Waals surface area contributed by atoms with Gasteiger partial charge in [-0.3, -0.25) is 4.79 Å². The summed E-state index contributed by atoms with van der Waals surface area (Å²) in [5.74, 6) is 0.00885. The van der Waals surface area contributed by atoms with Crippen molar-refractivity contribution in [2.45, 2.75) is 39.0 Å². The Balaban J connectivity index is 1.92. The summed E-state index contributed by atoms with van der Waals surface area (Å²) in [6.07, 6.45) is 4.82. The molecule has 0 aromatic heterocycles. The summed E-state index contributed by atoms with van der Waals surface area (Å²) >= 11 is 0. The van der Waals surface area contributed by atoms with Crippen molar-refractivity contribution in [1.29, 1.82) is 0 Å². The van der Waals surface area contributed by atoms with Crippen molar-refractivity contribution in [2.75, 3.05) is 19.7 Å². The van der Waals surface area contributed by atoms with Gasteiger partial charge in [0.1, 0.15) is 0 Å². The van der Waals surface area contributed by atoms with Gasteiger partial charge in [0.2, 0.25) is 0 Å². The average molecular weight is 275 g/mol. The van der Waals surface area contributed by atoms with Crippen LogP contribution in [0.25, 0.3) is 0 Å². The smallest absolute Gasteiger partial charge is 0.312 e. The minimum atomic E-state index is -0.254. The lowest BCUT2D eigenvalue weighted by Gasteiger charge is -2.35. The van der Waals surface area contributed by atoms with Gasteiger partial charge in [0.25, 0.3) is 0 Å². The molecule has 0 aliphatic carbocycles. The largest absolute Gasteiger partial charge is 0.466 e. The third kappa shape index (κ3) is 3.83. The molecule has 1 aliphatic rings. The second kappa shape index (κ2) is 7.44. The van der Waals surface area contributed by atoms with Gasteiger partial charge in [0.15, 0.2) is 0 Å². The molecule has 0 saturated carbocycles. The van der Waals surface area contributed by atoms with Gasteiger partial charge >= 0.3 is 5.97 Å². The summed E-state index contributed by atoms with van der Waals surface area (Å²) in [4.78, 5) is 12.3. The molecular weight excluding hydrogens is 250 g/mol. The predicted octanol–water partition coefficient (Wildman–Crippen LogP) is 2.94. The number of aryl methyl sites for hydroxylation is 1. The zero-order valence-corrected chi connectivity index (χ0v) is 12.4. The first-order valence-electron chi connectivity index (χ1n) is 7.69. The molecule has 1 fully saturated rings. The van der Waals surface area contributed by atoms with Crippen LogP contribution in [0.15, 0.2) is 30.3 Å². The number of benzene rings is 1. The molecule has 1 heterocycles. The van der Waals surface area contributed by atoms with Crippen molar-refractivity contribution < 1.29 is 9.53 Å². The zero-order chi connectivity index (χ0) is 14.3. The van der Waals surface area contributed by atoms with Gasteiger partial charge in [0, 0.05) is 0 Å². The Hall–Kier alpha value is -1.35. The highest BCUT2D eigenvalue weighted by Crippen LogP contribution is 2.36. The Morgan fingerprint density at radius 2 is 1.95 bits per heavy atom. The van der Waals surface area contributed by atoms with Gasteiger partial charge in [0.05, 0.1) is 12.0 Å². The Morgan fingerprint density at radius 3 is 2.60 bits per heavy atom. The number of hydrogen-bond donors (Lipinski definition) is 1. The molecule has 0 unspecified atom stereocenters. The molecule has 1 aromatic rings. The van der Waals surface area contributed by atoms with Crippen molar-refractivity contribution in [2.24, 2.45) is 5.41 Å². The molecule has 0 radical (unpaired) electrons. The van der Waals surface area contributed by atoms with Crippen molar-refractivity contribution in [1.82, 2.24) is 5.32 Å². The lowest BCUT2D eigenvalue weighted by atomic mass is 9.75. The molecule has 0 bridgehead atoms. The number of hydrogen-bond acceptors (Lipinski definition) is 3. The fraction of sp³-hybridized carbons (Fsp3) is 0.588. The minimum absolute atomic E-state index is 0.00885. The van der Waals surface area contributed by atoms with E-state index in [1.807, 2.05) is 13.0 Å². The SMILES string of the molecule is CCOC(=O)C1(CCCc2ccccc2)CCNCC1. The first kappa shape index (κ1) is 15.0. The van der Waals surface area contributed by atoms with Crippen LogP contribution in [0.2, 0.25) is 0 Å². The van der Waals surface area contributed by atoms with Gasteiger partial charge in [-0.05, 0) is 57.7 Å². The van der Waals surface area contributed by atoms with E-state index >= 15 is 0 Å². The van der Waals surface area contributed by atoms with E-state index in [1.165, 1.54) is 5.56 Å². The third-order valence-corrected chi connectivity index (χ3v) is 4.23. The van der Waals surface area contributed by atoms with E-state index in [-0.39, 0.29) is 11.4 Å². The first-order valence-corrected chi connectivity index (χ1v) is 7.69. The quantitative estimate of drug-likeness (QED) is 0.811. The van der Waals surface area contributed by atoms with Gasteiger partial charge in [-0.1, -0.05) is 30.3 Å². The van der Waals surface area contributed by atoms with E-state index in [0.29, 0.717) is 6.61 Å². The maximum absolute atomic E-state index is 12.3. The van der Waals surface area contributed by atoms with Crippen LogP contribution < -0.4 is 5.32 Å². The molecule has 3 heteroatoms. The molecular formula is C17H25NO2. The fourth-order valence-electron chi connectivity index (χ4n) is 3.02. The summed E-state index contributed by atoms with van der Waals surface area (Å²) in [7, 11) is 0. The number of carbonyl (C=O) groups excluding carboxylic acids is 1. The Bertz CT molecular complexity index is 410. The van der Waals surface area contributed by atoms with E-state index in [4.69, 9.17) is 4.74 Å². The van der Waals surface area contributed by atoms with Crippen LogP contribution in [-0.4, -0.2) is 25.7 Å². The highest BCUT2D eigenvalue weighted by atomic mass is 16.5. The maximum atomic E-state index is 12.3. The first-order chi connectivity index (χ1) is 9.77. The summed E-state index contributed by atoms with van der Waals surface area (Å²) < 4.78 is 5.32. The van der Waals surface area contributed by atoms with E-state index in [0.717, 1.165) is 45.2 Å². The second-order valence-corrected chi connectivity index (χ2v) is 5.59. The van der Waals surface area contributed by atoms with E-state index in [2.05, 4.69) is 29.6 Å². The average Bonchev–Trinajstić information content (AvgIpc) is 2.49. The molecule has 1 saturated heterocycles. The molecule has 110 valence electrons. The van der Waals surface area contributed by atoms with Gasteiger partial charge in [-0.2, -0.15) is 0 Å². The lowest BCUT2D eigenvalue weighted by molar-refractivity contribution is -0.157. The van der Waals surface area contributed by atoms with Crippen molar-refractivity contribution in [3.63, 3.8) is 0 Å². The molecule has 1 aromatic carbocycles. The van der Waals surface area contributed by atoms with Crippen LogP contribution in [0.1, 0.15) is 38.2 Å². The molecule has 3 nitrogen and oxygen atoms in total. The van der Waals surface area contributed by atoms with Crippen LogP contribution in [0.5, 0.6) is 0 Å². The Morgan fingerprint density at radius 1 is 1.25 bits per heavy atom. The number of nitrogens with one attached hydrogen (secondary N) is 1. The highest BCUT2D eigenvalue weighted by Gasteiger charge is 2.40. The topological polar surface area (TPSA) is 38.3 Å². The highest BCUT2D eigenvalue weighted by molar-refractivity contribution is 5.77. The van der Waals surface area contributed by atoms with Crippen LogP contribution in [-0.2, 0) is 16.0 Å². The second-order valence-electron chi connectivity index (χ2n) is 5.59.